The SMILES string of the molecule is N#Cc1ccc(-c2nnc(C#N)o2)cc1. The Morgan fingerprint density at radius 2 is 1.73 bits per heavy atom. The molecule has 0 amide bonds. The maximum absolute atomic E-state index is 8.60. The molecule has 2 rings (SSSR count). The first kappa shape index (κ1) is 8.92. The van der Waals surface area contributed by atoms with Crippen molar-refractivity contribution >= 4 is 0 Å². The van der Waals surface area contributed by atoms with Gasteiger partial charge in [-0.3, -0.25) is 0 Å². The Morgan fingerprint density at radius 3 is 2.27 bits per heavy atom. The lowest BCUT2D eigenvalue weighted by Gasteiger charge is -1.92. The topological polar surface area (TPSA) is 86.5 Å². The maximum Gasteiger partial charge on any atom is 0.321 e. The highest BCUT2D eigenvalue weighted by Crippen LogP contribution is 2.17. The third kappa shape index (κ3) is 1.67. The van der Waals surface area contributed by atoms with Crippen LogP contribution >= 0.6 is 0 Å². The van der Waals surface area contributed by atoms with Crippen LogP contribution in [-0.2, 0) is 0 Å². The average molecular weight is 196 g/mol. The second kappa shape index (κ2) is 3.60. The second-order valence-electron chi connectivity index (χ2n) is 2.71. The Kier molecular flexibility index (Phi) is 2.14. The fraction of sp³-hybridized carbons (Fsp3) is 0. The molecule has 0 spiro atoms. The van der Waals surface area contributed by atoms with Gasteiger partial charge in [-0.2, -0.15) is 10.5 Å². The summed E-state index contributed by atoms with van der Waals surface area (Å²) in [6.07, 6.45) is 0. The molecule has 5 heteroatoms. The number of rotatable bonds is 1. The molecule has 0 N–H and O–H groups in total. The Bertz CT molecular complexity index is 556. The largest absolute Gasteiger partial charge is 0.408 e. The minimum atomic E-state index is -0.0747. The second-order valence-corrected chi connectivity index (χ2v) is 2.71. The fourth-order valence-electron chi connectivity index (χ4n) is 1.07. The molecule has 1 aromatic heterocycles. The van der Waals surface area contributed by atoms with Gasteiger partial charge in [-0.05, 0) is 24.3 Å². The van der Waals surface area contributed by atoms with Gasteiger partial charge in [0, 0.05) is 5.56 Å². The number of nitriles is 2. The van der Waals surface area contributed by atoms with E-state index in [1.165, 1.54) is 0 Å². The Balaban J connectivity index is 2.39. The molecule has 2 aromatic rings. The van der Waals surface area contributed by atoms with Gasteiger partial charge in [-0.25, -0.2) is 0 Å². The smallest absolute Gasteiger partial charge is 0.321 e. The van der Waals surface area contributed by atoms with Gasteiger partial charge in [0.05, 0.1) is 11.6 Å². The van der Waals surface area contributed by atoms with Gasteiger partial charge >= 0.3 is 5.89 Å². The van der Waals surface area contributed by atoms with Gasteiger partial charge in [0.15, 0.2) is 6.07 Å². The third-order valence-corrected chi connectivity index (χ3v) is 1.78. The minimum Gasteiger partial charge on any atom is -0.408 e. The molecular formula is C10H4N4O. The van der Waals surface area contributed by atoms with Crippen LogP contribution in [0.5, 0.6) is 0 Å². The van der Waals surface area contributed by atoms with Crippen LogP contribution in [0.2, 0.25) is 0 Å². The first-order valence-electron chi connectivity index (χ1n) is 4.07. The molecule has 0 radical (unpaired) electrons. The molecule has 5 nitrogen and oxygen atoms in total. The van der Waals surface area contributed by atoms with Crippen LogP contribution < -0.4 is 0 Å². The standard InChI is InChI=1S/C10H4N4O/c11-5-7-1-3-8(4-2-7)10-14-13-9(6-12)15-10/h1-4H. The minimum absolute atomic E-state index is 0.0747. The molecule has 0 saturated carbocycles. The van der Waals surface area contributed by atoms with E-state index >= 15 is 0 Å². The lowest BCUT2D eigenvalue weighted by molar-refractivity contribution is 0.553. The van der Waals surface area contributed by atoms with Crippen molar-refractivity contribution in [1.82, 2.24) is 10.2 Å². The molecule has 0 saturated heterocycles. The fourth-order valence-corrected chi connectivity index (χ4v) is 1.07. The van der Waals surface area contributed by atoms with Crippen molar-refractivity contribution in [3.8, 4) is 23.6 Å². The quantitative estimate of drug-likeness (QED) is 0.689. The van der Waals surface area contributed by atoms with E-state index in [2.05, 4.69) is 10.2 Å². The number of hydrogen-bond donors (Lipinski definition) is 0. The molecule has 0 aliphatic heterocycles. The Labute approximate surface area is 85.2 Å². The Morgan fingerprint density at radius 1 is 1.00 bits per heavy atom. The van der Waals surface area contributed by atoms with E-state index in [4.69, 9.17) is 14.9 Å². The molecule has 0 bridgehead atoms. The first-order valence-corrected chi connectivity index (χ1v) is 4.07. The third-order valence-electron chi connectivity index (χ3n) is 1.78. The van der Waals surface area contributed by atoms with Crippen LogP contribution in [0.25, 0.3) is 11.5 Å². The van der Waals surface area contributed by atoms with Crippen LogP contribution in [0.4, 0.5) is 0 Å². The highest BCUT2D eigenvalue weighted by atomic mass is 16.4. The van der Waals surface area contributed by atoms with Gasteiger partial charge in [0.2, 0.25) is 5.89 Å². The highest BCUT2D eigenvalue weighted by molar-refractivity contribution is 5.54. The van der Waals surface area contributed by atoms with Gasteiger partial charge in [-0.1, -0.05) is 5.10 Å². The summed E-state index contributed by atoms with van der Waals surface area (Å²) in [5.41, 5.74) is 1.24. The molecular weight excluding hydrogens is 192 g/mol. The maximum atomic E-state index is 8.60. The molecule has 0 aliphatic carbocycles. The molecule has 0 aliphatic rings. The van der Waals surface area contributed by atoms with Crippen LogP contribution in [0.3, 0.4) is 0 Å². The Hall–Kier alpha value is -2.66. The number of hydrogen-bond acceptors (Lipinski definition) is 5. The number of benzene rings is 1. The first-order chi connectivity index (χ1) is 7.33. The predicted molar refractivity (Wildman–Crippen MR) is 49.2 cm³/mol. The van der Waals surface area contributed by atoms with E-state index in [1.807, 2.05) is 6.07 Å². The number of aromatic nitrogens is 2. The van der Waals surface area contributed by atoms with Gasteiger partial charge < -0.3 is 4.42 Å². The lowest BCUT2D eigenvalue weighted by Crippen LogP contribution is -1.78. The van der Waals surface area contributed by atoms with E-state index in [0.717, 1.165) is 0 Å². The summed E-state index contributed by atoms with van der Waals surface area (Å²) >= 11 is 0. The zero-order chi connectivity index (χ0) is 10.7. The van der Waals surface area contributed by atoms with E-state index < -0.39 is 0 Å². The van der Waals surface area contributed by atoms with Crippen molar-refractivity contribution in [1.29, 1.82) is 10.5 Å². The molecule has 15 heavy (non-hydrogen) atoms. The van der Waals surface area contributed by atoms with Gasteiger partial charge in [0.1, 0.15) is 0 Å². The monoisotopic (exact) mass is 196 g/mol. The zero-order valence-electron chi connectivity index (χ0n) is 7.51. The van der Waals surface area contributed by atoms with Crippen LogP contribution in [0.15, 0.2) is 28.7 Å². The molecule has 70 valence electrons. The summed E-state index contributed by atoms with van der Waals surface area (Å²) in [6.45, 7) is 0. The molecule has 0 atom stereocenters. The summed E-state index contributed by atoms with van der Waals surface area (Å²) < 4.78 is 5.03. The van der Waals surface area contributed by atoms with E-state index in [9.17, 15) is 0 Å². The van der Waals surface area contributed by atoms with Crippen molar-refractivity contribution in [2.24, 2.45) is 0 Å². The van der Waals surface area contributed by atoms with Gasteiger partial charge in [-0.15, -0.1) is 5.10 Å². The normalized spacial score (nSPS) is 9.20. The van der Waals surface area contributed by atoms with Crippen molar-refractivity contribution in [3.05, 3.63) is 35.7 Å². The average Bonchev–Trinajstić information content (AvgIpc) is 2.78. The molecule has 1 aromatic carbocycles. The van der Waals surface area contributed by atoms with E-state index in [-0.39, 0.29) is 11.8 Å². The van der Waals surface area contributed by atoms with Crippen LogP contribution in [0, 0.1) is 22.7 Å². The predicted octanol–water partition coefficient (Wildman–Crippen LogP) is 1.48. The summed E-state index contributed by atoms with van der Waals surface area (Å²) in [7, 11) is 0. The molecule has 0 unspecified atom stereocenters. The summed E-state index contributed by atoms with van der Waals surface area (Å²) in [5, 5.41) is 24.3. The number of nitrogens with zero attached hydrogens (tertiary/aromatic N) is 4. The highest BCUT2D eigenvalue weighted by Gasteiger charge is 2.07. The van der Waals surface area contributed by atoms with Crippen molar-refractivity contribution in [3.63, 3.8) is 0 Å². The van der Waals surface area contributed by atoms with Crippen molar-refractivity contribution in [2.75, 3.05) is 0 Å². The molecule has 0 fully saturated rings. The van der Waals surface area contributed by atoms with Crippen molar-refractivity contribution < 1.29 is 4.42 Å². The van der Waals surface area contributed by atoms with Gasteiger partial charge in [0.25, 0.3) is 0 Å². The summed E-state index contributed by atoms with van der Waals surface area (Å²) in [4.78, 5) is 0. The summed E-state index contributed by atoms with van der Waals surface area (Å²) in [6, 6.07) is 10.4. The van der Waals surface area contributed by atoms with Crippen LogP contribution in [-0.4, -0.2) is 10.2 Å². The van der Waals surface area contributed by atoms with E-state index in [0.29, 0.717) is 11.1 Å². The lowest BCUT2D eigenvalue weighted by atomic mass is 10.1. The van der Waals surface area contributed by atoms with E-state index in [1.54, 1.807) is 30.3 Å². The zero-order valence-corrected chi connectivity index (χ0v) is 7.51. The van der Waals surface area contributed by atoms with Crippen LogP contribution in [0.1, 0.15) is 11.5 Å². The summed E-state index contributed by atoms with van der Waals surface area (Å²) in [5.74, 6) is 0.199. The van der Waals surface area contributed by atoms with Crippen molar-refractivity contribution in [2.45, 2.75) is 0 Å². The molecule has 1 heterocycles.